The van der Waals surface area contributed by atoms with Crippen molar-refractivity contribution in [2.45, 2.75) is 13.5 Å². The van der Waals surface area contributed by atoms with Crippen LogP contribution in [0.2, 0.25) is 5.02 Å². The predicted octanol–water partition coefficient (Wildman–Crippen LogP) is 4.10. The highest BCUT2D eigenvalue weighted by Gasteiger charge is 2.08. The molecule has 1 aromatic heterocycles. The Labute approximate surface area is 105 Å². The average Bonchev–Trinajstić information content (AvgIpc) is 2.65. The minimum absolute atomic E-state index is 0.842. The Morgan fingerprint density at radius 2 is 2.12 bits per heavy atom. The normalized spacial score (nSPS) is 10.7. The molecule has 0 fully saturated rings. The molecule has 0 amide bonds. The van der Waals surface area contributed by atoms with E-state index in [1.165, 1.54) is 16.7 Å². The first-order valence-electron chi connectivity index (χ1n) is 5.20. The largest absolute Gasteiger partial charge is 0.316 e. The summed E-state index contributed by atoms with van der Waals surface area (Å²) >= 11 is 7.83. The van der Waals surface area contributed by atoms with Gasteiger partial charge in [-0.05, 0) is 42.1 Å². The van der Waals surface area contributed by atoms with Gasteiger partial charge in [-0.25, -0.2) is 0 Å². The van der Waals surface area contributed by atoms with Crippen molar-refractivity contribution in [1.82, 2.24) is 5.32 Å². The lowest BCUT2D eigenvalue weighted by atomic mass is 10.0. The van der Waals surface area contributed by atoms with Gasteiger partial charge in [-0.1, -0.05) is 29.8 Å². The van der Waals surface area contributed by atoms with Crippen LogP contribution in [0, 0.1) is 6.92 Å². The lowest BCUT2D eigenvalue weighted by Gasteiger charge is -2.07. The number of aryl methyl sites for hydroxylation is 1. The molecule has 0 unspecified atom stereocenters. The van der Waals surface area contributed by atoms with Crippen molar-refractivity contribution in [3.05, 3.63) is 45.8 Å². The van der Waals surface area contributed by atoms with E-state index in [2.05, 4.69) is 30.4 Å². The van der Waals surface area contributed by atoms with Crippen molar-refractivity contribution in [2.75, 3.05) is 7.05 Å². The van der Waals surface area contributed by atoms with Crippen LogP contribution in [0.25, 0.3) is 10.4 Å². The van der Waals surface area contributed by atoms with E-state index in [4.69, 9.17) is 11.6 Å². The molecule has 1 aromatic carbocycles. The van der Waals surface area contributed by atoms with E-state index in [9.17, 15) is 0 Å². The van der Waals surface area contributed by atoms with Gasteiger partial charge in [0.1, 0.15) is 0 Å². The zero-order valence-corrected chi connectivity index (χ0v) is 11.0. The maximum Gasteiger partial charge on any atom is 0.0592 e. The predicted molar refractivity (Wildman–Crippen MR) is 72.3 cm³/mol. The van der Waals surface area contributed by atoms with E-state index in [0.29, 0.717) is 0 Å². The Hall–Kier alpha value is -0.830. The monoisotopic (exact) mass is 251 g/mol. The van der Waals surface area contributed by atoms with Crippen molar-refractivity contribution in [2.24, 2.45) is 0 Å². The Kier molecular flexibility index (Phi) is 3.64. The van der Waals surface area contributed by atoms with Crippen LogP contribution in [-0.2, 0) is 6.54 Å². The number of halogens is 1. The molecule has 0 saturated carbocycles. The summed E-state index contributed by atoms with van der Waals surface area (Å²) in [5.74, 6) is 0. The van der Waals surface area contributed by atoms with E-state index < -0.39 is 0 Å². The minimum Gasteiger partial charge on any atom is -0.316 e. The van der Waals surface area contributed by atoms with Gasteiger partial charge in [-0.15, -0.1) is 11.3 Å². The van der Waals surface area contributed by atoms with Gasteiger partial charge in [0.15, 0.2) is 0 Å². The van der Waals surface area contributed by atoms with E-state index in [-0.39, 0.29) is 0 Å². The molecule has 0 aliphatic rings. The Balaban J connectivity index is 2.40. The summed E-state index contributed by atoms with van der Waals surface area (Å²) < 4.78 is 0. The van der Waals surface area contributed by atoms with Gasteiger partial charge in [0.25, 0.3) is 0 Å². The average molecular weight is 252 g/mol. The molecule has 16 heavy (non-hydrogen) atoms. The van der Waals surface area contributed by atoms with Crippen LogP contribution in [0.4, 0.5) is 0 Å². The van der Waals surface area contributed by atoms with E-state index in [0.717, 1.165) is 16.4 Å². The minimum atomic E-state index is 0.842. The molecule has 84 valence electrons. The number of benzene rings is 1. The lowest BCUT2D eigenvalue weighted by Crippen LogP contribution is -2.05. The maximum absolute atomic E-state index is 6.15. The molecule has 3 heteroatoms. The zero-order chi connectivity index (χ0) is 11.5. The molecule has 0 atom stereocenters. The standard InChI is InChI=1S/C13H14ClNS/c1-9-7-10(8-15-2)3-4-11(9)13-12(14)5-6-16-13/h3-7,15H,8H2,1-2H3. The summed E-state index contributed by atoms with van der Waals surface area (Å²) in [4.78, 5) is 1.16. The van der Waals surface area contributed by atoms with Crippen LogP contribution in [0.1, 0.15) is 11.1 Å². The van der Waals surface area contributed by atoms with Crippen molar-refractivity contribution < 1.29 is 0 Å². The molecule has 2 aromatic rings. The molecular weight excluding hydrogens is 238 g/mol. The van der Waals surface area contributed by atoms with Crippen molar-refractivity contribution >= 4 is 22.9 Å². The number of nitrogens with one attached hydrogen (secondary N) is 1. The summed E-state index contributed by atoms with van der Waals surface area (Å²) in [5, 5.41) is 6.02. The second kappa shape index (κ2) is 5.00. The van der Waals surface area contributed by atoms with Gasteiger partial charge in [-0.3, -0.25) is 0 Å². The lowest BCUT2D eigenvalue weighted by molar-refractivity contribution is 0.817. The highest BCUT2D eigenvalue weighted by atomic mass is 35.5. The Morgan fingerprint density at radius 1 is 1.31 bits per heavy atom. The smallest absolute Gasteiger partial charge is 0.0592 e. The molecule has 0 saturated heterocycles. The maximum atomic E-state index is 6.15. The van der Waals surface area contributed by atoms with Crippen LogP contribution in [-0.4, -0.2) is 7.05 Å². The van der Waals surface area contributed by atoms with Gasteiger partial charge in [0, 0.05) is 6.54 Å². The van der Waals surface area contributed by atoms with Gasteiger partial charge in [-0.2, -0.15) is 0 Å². The number of hydrogen-bond donors (Lipinski definition) is 1. The van der Waals surface area contributed by atoms with Crippen molar-refractivity contribution in [1.29, 1.82) is 0 Å². The zero-order valence-electron chi connectivity index (χ0n) is 9.38. The third kappa shape index (κ3) is 2.29. The molecular formula is C13H14ClNS. The molecule has 2 rings (SSSR count). The molecule has 0 spiro atoms. The van der Waals surface area contributed by atoms with Gasteiger partial charge in [0.2, 0.25) is 0 Å². The van der Waals surface area contributed by atoms with Gasteiger partial charge < -0.3 is 5.32 Å². The number of rotatable bonds is 3. The van der Waals surface area contributed by atoms with Crippen molar-refractivity contribution in [3.63, 3.8) is 0 Å². The van der Waals surface area contributed by atoms with Crippen LogP contribution < -0.4 is 5.32 Å². The fraction of sp³-hybridized carbons (Fsp3) is 0.231. The fourth-order valence-electron chi connectivity index (χ4n) is 1.78. The molecule has 0 radical (unpaired) electrons. The summed E-state index contributed by atoms with van der Waals surface area (Å²) in [6.07, 6.45) is 0. The quantitative estimate of drug-likeness (QED) is 0.866. The Bertz CT molecular complexity index is 490. The first-order valence-corrected chi connectivity index (χ1v) is 6.45. The summed E-state index contributed by atoms with van der Waals surface area (Å²) in [5.41, 5.74) is 3.81. The van der Waals surface area contributed by atoms with E-state index in [1.54, 1.807) is 11.3 Å². The van der Waals surface area contributed by atoms with Crippen molar-refractivity contribution in [3.8, 4) is 10.4 Å². The highest BCUT2D eigenvalue weighted by Crippen LogP contribution is 2.35. The van der Waals surface area contributed by atoms with Crippen LogP contribution in [0.5, 0.6) is 0 Å². The third-order valence-corrected chi connectivity index (χ3v) is 3.91. The molecule has 1 N–H and O–H groups in total. The summed E-state index contributed by atoms with van der Waals surface area (Å²) in [6, 6.07) is 8.46. The topological polar surface area (TPSA) is 12.0 Å². The molecule has 0 aliphatic heterocycles. The molecule has 0 aliphatic carbocycles. The van der Waals surface area contributed by atoms with Gasteiger partial charge >= 0.3 is 0 Å². The number of hydrogen-bond acceptors (Lipinski definition) is 2. The number of thiophene rings is 1. The summed E-state index contributed by atoms with van der Waals surface area (Å²) in [7, 11) is 1.96. The second-order valence-corrected chi connectivity index (χ2v) is 5.10. The third-order valence-electron chi connectivity index (χ3n) is 2.53. The van der Waals surface area contributed by atoms with Gasteiger partial charge in [0.05, 0.1) is 9.90 Å². The van der Waals surface area contributed by atoms with Crippen LogP contribution >= 0.6 is 22.9 Å². The molecule has 0 bridgehead atoms. The van der Waals surface area contributed by atoms with Crippen LogP contribution in [0.3, 0.4) is 0 Å². The summed E-state index contributed by atoms with van der Waals surface area (Å²) in [6.45, 7) is 3.03. The second-order valence-electron chi connectivity index (χ2n) is 3.78. The first-order chi connectivity index (χ1) is 7.72. The SMILES string of the molecule is CNCc1ccc(-c2sccc2Cl)c(C)c1. The molecule has 1 nitrogen and oxygen atoms in total. The van der Waals surface area contributed by atoms with E-state index in [1.807, 2.05) is 18.5 Å². The highest BCUT2D eigenvalue weighted by molar-refractivity contribution is 7.14. The Morgan fingerprint density at radius 3 is 2.69 bits per heavy atom. The van der Waals surface area contributed by atoms with Crippen LogP contribution in [0.15, 0.2) is 29.6 Å². The molecule has 1 heterocycles. The van der Waals surface area contributed by atoms with E-state index >= 15 is 0 Å². The first kappa shape index (κ1) is 11.6. The fourth-order valence-corrected chi connectivity index (χ4v) is 3.03.